The molecular weight excluding hydrogens is 270 g/mol. The SMILES string of the molecule is CCCNc1cc([N+](=O)[O-])cc(OC2CCCCCC2)n1. The monoisotopic (exact) mass is 293 g/mol. The molecule has 1 fully saturated rings. The van der Waals surface area contributed by atoms with E-state index in [-0.39, 0.29) is 11.8 Å². The van der Waals surface area contributed by atoms with Crippen molar-refractivity contribution in [2.24, 2.45) is 0 Å². The molecule has 1 aliphatic carbocycles. The molecule has 0 saturated heterocycles. The smallest absolute Gasteiger partial charge is 0.278 e. The minimum atomic E-state index is -0.404. The van der Waals surface area contributed by atoms with E-state index in [2.05, 4.69) is 10.3 Å². The Morgan fingerprint density at radius 1 is 1.33 bits per heavy atom. The zero-order valence-corrected chi connectivity index (χ0v) is 12.5. The lowest BCUT2D eigenvalue weighted by Gasteiger charge is -2.16. The maximum atomic E-state index is 11.0. The zero-order chi connectivity index (χ0) is 15.1. The zero-order valence-electron chi connectivity index (χ0n) is 12.5. The van der Waals surface area contributed by atoms with E-state index in [1.807, 2.05) is 6.92 Å². The highest BCUT2D eigenvalue weighted by Crippen LogP contribution is 2.26. The summed E-state index contributed by atoms with van der Waals surface area (Å²) in [4.78, 5) is 15.0. The van der Waals surface area contributed by atoms with Crippen LogP contribution in [0, 0.1) is 10.1 Å². The van der Waals surface area contributed by atoms with Crippen LogP contribution in [0.4, 0.5) is 11.5 Å². The van der Waals surface area contributed by atoms with E-state index in [0.29, 0.717) is 11.7 Å². The van der Waals surface area contributed by atoms with Gasteiger partial charge in [0.05, 0.1) is 17.1 Å². The van der Waals surface area contributed by atoms with Crippen molar-refractivity contribution in [3.63, 3.8) is 0 Å². The second kappa shape index (κ2) is 7.81. The Labute approximate surface area is 125 Å². The molecule has 1 heterocycles. The maximum Gasteiger partial charge on any atom is 0.278 e. The molecule has 6 nitrogen and oxygen atoms in total. The van der Waals surface area contributed by atoms with Gasteiger partial charge < -0.3 is 10.1 Å². The Hall–Kier alpha value is -1.85. The summed E-state index contributed by atoms with van der Waals surface area (Å²) in [6.07, 6.45) is 7.85. The summed E-state index contributed by atoms with van der Waals surface area (Å²) in [5.74, 6) is 0.865. The molecule has 1 aliphatic rings. The Bertz CT molecular complexity index is 471. The fraction of sp³-hybridized carbons (Fsp3) is 0.667. The minimum absolute atomic E-state index is 0.0206. The van der Waals surface area contributed by atoms with E-state index in [4.69, 9.17) is 4.74 Å². The van der Waals surface area contributed by atoms with Crippen LogP contribution in [0.15, 0.2) is 12.1 Å². The standard InChI is InChI=1S/C15H23N3O3/c1-2-9-16-14-10-12(18(19)20)11-15(17-14)21-13-7-5-3-4-6-8-13/h10-11,13H,2-9H2,1H3,(H,16,17). The van der Waals surface area contributed by atoms with Crippen LogP contribution in [0.25, 0.3) is 0 Å². The van der Waals surface area contributed by atoms with Crippen LogP contribution in [0.1, 0.15) is 51.9 Å². The number of rotatable bonds is 6. The summed E-state index contributed by atoms with van der Waals surface area (Å²) in [6.45, 7) is 2.77. The van der Waals surface area contributed by atoms with Crippen molar-refractivity contribution >= 4 is 11.5 Å². The highest BCUT2D eigenvalue weighted by molar-refractivity contribution is 5.48. The van der Waals surface area contributed by atoms with E-state index >= 15 is 0 Å². The van der Waals surface area contributed by atoms with Gasteiger partial charge in [0.15, 0.2) is 0 Å². The van der Waals surface area contributed by atoms with Gasteiger partial charge in [0.1, 0.15) is 11.9 Å². The van der Waals surface area contributed by atoms with Crippen molar-refractivity contribution in [3.8, 4) is 5.88 Å². The van der Waals surface area contributed by atoms with Crippen molar-refractivity contribution < 1.29 is 9.66 Å². The molecule has 1 saturated carbocycles. The average Bonchev–Trinajstić information content (AvgIpc) is 2.73. The molecule has 1 aromatic rings. The lowest BCUT2D eigenvalue weighted by atomic mass is 10.1. The highest BCUT2D eigenvalue weighted by atomic mass is 16.6. The van der Waals surface area contributed by atoms with Gasteiger partial charge in [0, 0.05) is 6.54 Å². The van der Waals surface area contributed by atoms with Gasteiger partial charge in [-0.3, -0.25) is 10.1 Å². The molecule has 116 valence electrons. The number of nitrogens with zero attached hydrogens (tertiary/aromatic N) is 2. The first kappa shape index (κ1) is 15.5. The van der Waals surface area contributed by atoms with Crippen LogP contribution < -0.4 is 10.1 Å². The Morgan fingerprint density at radius 3 is 2.67 bits per heavy atom. The van der Waals surface area contributed by atoms with Crippen LogP contribution in [-0.4, -0.2) is 22.6 Å². The van der Waals surface area contributed by atoms with Crippen molar-refractivity contribution in [3.05, 3.63) is 22.2 Å². The molecule has 0 aliphatic heterocycles. The number of nitro groups is 1. The topological polar surface area (TPSA) is 77.3 Å². The number of ether oxygens (including phenoxy) is 1. The molecule has 21 heavy (non-hydrogen) atoms. The first-order valence-corrected chi connectivity index (χ1v) is 7.76. The predicted octanol–water partition coefficient (Wildman–Crippen LogP) is 3.91. The van der Waals surface area contributed by atoms with Gasteiger partial charge >= 0.3 is 0 Å². The van der Waals surface area contributed by atoms with Crippen molar-refractivity contribution in [2.75, 3.05) is 11.9 Å². The summed E-state index contributed by atoms with van der Waals surface area (Å²) in [5, 5.41) is 14.1. The molecular formula is C15H23N3O3. The fourth-order valence-corrected chi connectivity index (χ4v) is 2.53. The lowest BCUT2D eigenvalue weighted by molar-refractivity contribution is -0.384. The van der Waals surface area contributed by atoms with Gasteiger partial charge in [-0.15, -0.1) is 0 Å². The summed E-state index contributed by atoms with van der Waals surface area (Å²) in [7, 11) is 0. The average molecular weight is 293 g/mol. The number of nitrogens with one attached hydrogen (secondary N) is 1. The minimum Gasteiger partial charge on any atom is -0.474 e. The maximum absolute atomic E-state index is 11.0. The molecule has 0 atom stereocenters. The predicted molar refractivity (Wildman–Crippen MR) is 81.8 cm³/mol. The molecule has 0 amide bonds. The first-order valence-electron chi connectivity index (χ1n) is 7.76. The van der Waals surface area contributed by atoms with E-state index in [9.17, 15) is 10.1 Å². The van der Waals surface area contributed by atoms with Gasteiger partial charge in [-0.1, -0.05) is 19.8 Å². The molecule has 0 bridgehead atoms. The second-order valence-corrected chi connectivity index (χ2v) is 5.46. The Kier molecular flexibility index (Phi) is 5.78. The van der Waals surface area contributed by atoms with Gasteiger partial charge in [-0.05, 0) is 32.1 Å². The third kappa shape index (κ3) is 4.88. The highest BCUT2D eigenvalue weighted by Gasteiger charge is 2.17. The molecule has 2 rings (SSSR count). The lowest BCUT2D eigenvalue weighted by Crippen LogP contribution is -2.16. The van der Waals surface area contributed by atoms with Gasteiger partial charge in [-0.25, -0.2) is 0 Å². The molecule has 0 aromatic carbocycles. The van der Waals surface area contributed by atoms with Crippen LogP contribution in [0.3, 0.4) is 0 Å². The van der Waals surface area contributed by atoms with Gasteiger partial charge in [0.25, 0.3) is 5.69 Å². The van der Waals surface area contributed by atoms with E-state index < -0.39 is 4.92 Å². The van der Waals surface area contributed by atoms with Crippen molar-refractivity contribution in [1.29, 1.82) is 0 Å². The van der Waals surface area contributed by atoms with Crippen molar-refractivity contribution in [2.45, 2.75) is 58.0 Å². The van der Waals surface area contributed by atoms with Crippen LogP contribution >= 0.6 is 0 Å². The number of pyridine rings is 1. The number of hydrogen-bond donors (Lipinski definition) is 1. The van der Waals surface area contributed by atoms with Crippen LogP contribution in [-0.2, 0) is 0 Å². The largest absolute Gasteiger partial charge is 0.474 e. The van der Waals surface area contributed by atoms with Gasteiger partial charge in [0.2, 0.25) is 5.88 Å². The summed E-state index contributed by atoms with van der Waals surface area (Å²) >= 11 is 0. The van der Waals surface area contributed by atoms with E-state index in [1.165, 1.54) is 25.0 Å². The molecule has 1 aromatic heterocycles. The number of hydrogen-bond acceptors (Lipinski definition) is 5. The van der Waals surface area contributed by atoms with Gasteiger partial charge in [-0.2, -0.15) is 4.98 Å². The Morgan fingerprint density at radius 2 is 2.05 bits per heavy atom. The fourth-order valence-electron chi connectivity index (χ4n) is 2.53. The molecule has 1 N–H and O–H groups in total. The Balaban J connectivity index is 2.12. The summed E-state index contributed by atoms with van der Waals surface area (Å²) in [5.41, 5.74) is 0.0206. The molecule has 0 radical (unpaired) electrons. The third-order valence-electron chi connectivity index (χ3n) is 3.64. The van der Waals surface area contributed by atoms with Crippen LogP contribution in [0.5, 0.6) is 5.88 Å². The number of anilines is 1. The van der Waals surface area contributed by atoms with E-state index in [1.54, 1.807) is 0 Å². The van der Waals surface area contributed by atoms with Crippen molar-refractivity contribution in [1.82, 2.24) is 4.98 Å². The molecule has 0 spiro atoms. The first-order chi connectivity index (χ1) is 10.2. The molecule has 6 heteroatoms. The third-order valence-corrected chi connectivity index (χ3v) is 3.64. The summed E-state index contributed by atoms with van der Waals surface area (Å²) < 4.78 is 5.89. The second-order valence-electron chi connectivity index (χ2n) is 5.46. The normalized spacial score (nSPS) is 16.2. The molecule has 0 unspecified atom stereocenters. The van der Waals surface area contributed by atoms with E-state index in [0.717, 1.165) is 38.6 Å². The summed E-state index contributed by atoms with van der Waals surface area (Å²) in [6, 6.07) is 2.87. The quantitative estimate of drug-likeness (QED) is 0.489. The van der Waals surface area contributed by atoms with Crippen LogP contribution in [0.2, 0.25) is 0 Å². The number of aromatic nitrogens is 1.